The fraction of sp³-hybridized carbons (Fsp3) is 0.200. The minimum atomic E-state index is 0.0344. The van der Waals surface area contributed by atoms with E-state index in [1.54, 1.807) is 16.7 Å². The molecular weight excluding hydrogens is 442 g/mol. The van der Waals surface area contributed by atoms with Crippen LogP contribution in [0.3, 0.4) is 0 Å². The third-order valence-electron chi connectivity index (χ3n) is 4.35. The lowest BCUT2D eigenvalue weighted by Gasteiger charge is -2.19. The summed E-state index contributed by atoms with van der Waals surface area (Å²) < 4.78 is 1.01. The van der Waals surface area contributed by atoms with E-state index in [0.717, 1.165) is 31.8 Å². The van der Waals surface area contributed by atoms with Crippen LogP contribution >= 0.6 is 39.5 Å². The Kier molecular flexibility index (Phi) is 5.34. The van der Waals surface area contributed by atoms with Crippen molar-refractivity contribution in [1.29, 1.82) is 0 Å². The second kappa shape index (κ2) is 7.73. The number of carbonyl (C=O) groups is 1. The highest BCUT2D eigenvalue weighted by atomic mass is 79.9. The van der Waals surface area contributed by atoms with E-state index in [2.05, 4.69) is 39.9 Å². The molecule has 1 fully saturated rings. The van der Waals surface area contributed by atoms with Crippen LogP contribution < -0.4 is 4.90 Å². The van der Waals surface area contributed by atoms with Crippen molar-refractivity contribution in [3.05, 3.63) is 62.9 Å². The Morgan fingerprint density at radius 3 is 2.37 bits per heavy atom. The first kappa shape index (κ1) is 18.7. The largest absolute Gasteiger partial charge is 0.334 e. The van der Waals surface area contributed by atoms with Crippen molar-refractivity contribution in [1.82, 2.24) is 4.90 Å². The van der Waals surface area contributed by atoms with E-state index in [0.29, 0.717) is 6.54 Å². The fourth-order valence-electron chi connectivity index (χ4n) is 3.04. The van der Waals surface area contributed by atoms with Gasteiger partial charge in [-0.25, -0.2) is 4.99 Å². The van der Waals surface area contributed by atoms with Gasteiger partial charge in [0.2, 0.25) is 0 Å². The molecule has 1 saturated heterocycles. The molecule has 0 radical (unpaired) electrons. The van der Waals surface area contributed by atoms with Crippen LogP contribution in [0.5, 0.6) is 0 Å². The van der Waals surface area contributed by atoms with Gasteiger partial charge in [0.15, 0.2) is 5.17 Å². The van der Waals surface area contributed by atoms with Crippen LogP contribution in [0, 0.1) is 0 Å². The molecule has 0 aliphatic carbocycles. The standard InChI is InChI=1S/C20H18BrN3OS2/c1-3-23-15-7-5-6-8-16(15)26-19(23)17-18(25)24(4-2)20(27-17)22-14-11-9-13(21)10-12-14/h5-12H,3-4H2,1-2H3. The van der Waals surface area contributed by atoms with Gasteiger partial charge in [0.25, 0.3) is 5.91 Å². The Balaban J connectivity index is 1.74. The minimum absolute atomic E-state index is 0.0344. The number of rotatable bonds is 3. The number of halogens is 1. The number of para-hydroxylation sites is 1. The van der Waals surface area contributed by atoms with Crippen LogP contribution in [0.2, 0.25) is 0 Å². The molecule has 0 aromatic heterocycles. The number of amidine groups is 1. The molecule has 0 saturated carbocycles. The number of aliphatic imine (C=N–C) groups is 1. The monoisotopic (exact) mass is 459 g/mol. The zero-order valence-corrected chi connectivity index (χ0v) is 18.2. The molecule has 7 heteroatoms. The average molecular weight is 460 g/mol. The van der Waals surface area contributed by atoms with Gasteiger partial charge >= 0.3 is 0 Å². The number of carbonyl (C=O) groups excluding carboxylic acids is 1. The number of anilines is 1. The maximum Gasteiger partial charge on any atom is 0.269 e. The minimum Gasteiger partial charge on any atom is -0.334 e. The van der Waals surface area contributed by atoms with Crippen molar-refractivity contribution in [2.45, 2.75) is 18.7 Å². The molecule has 2 heterocycles. The van der Waals surface area contributed by atoms with E-state index in [1.165, 1.54) is 22.3 Å². The van der Waals surface area contributed by atoms with Crippen molar-refractivity contribution < 1.29 is 4.79 Å². The molecule has 0 atom stereocenters. The Labute approximate surface area is 175 Å². The Bertz CT molecular complexity index is 956. The quantitative estimate of drug-likeness (QED) is 0.540. The summed E-state index contributed by atoms with van der Waals surface area (Å²) in [4.78, 5) is 23.8. The molecule has 2 aromatic carbocycles. The number of benzene rings is 2. The number of likely N-dealkylation sites (N-methyl/N-ethyl adjacent to an activating group) is 1. The average Bonchev–Trinajstić information content (AvgIpc) is 3.20. The Morgan fingerprint density at radius 1 is 0.963 bits per heavy atom. The number of amides is 1. The lowest BCUT2D eigenvalue weighted by molar-refractivity contribution is -0.122. The Morgan fingerprint density at radius 2 is 1.67 bits per heavy atom. The Hall–Kier alpha value is -1.70. The third-order valence-corrected chi connectivity index (χ3v) is 7.26. The highest BCUT2D eigenvalue weighted by Gasteiger charge is 2.38. The smallest absolute Gasteiger partial charge is 0.269 e. The number of hydrogen-bond donors (Lipinski definition) is 0. The van der Waals surface area contributed by atoms with Gasteiger partial charge in [-0.05, 0) is 62.0 Å². The molecule has 0 N–H and O–H groups in total. The summed E-state index contributed by atoms with van der Waals surface area (Å²) in [5.74, 6) is 0.0344. The van der Waals surface area contributed by atoms with Crippen LogP contribution in [-0.4, -0.2) is 29.1 Å². The zero-order valence-electron chi connectivity index (χ0n) is 15.0. The summed E-state index contributed by atoms with van der Waals surface area (Å²) >= 11 is 6.58. The van der Waals surface area contributed by atoms with E-state index in [9.17, 15) is 4.79 Å². The van der Waals surface area contributed by atoms with E-state index < -0.39 is 0 Å². The number of hydrogen-bond acceptors (Lipinski definition) is 5. The maximum atomic E-state index is 13.1. The lowest BCUT2D eigenvalue weighted by atomic mass is 10.3. The molecule has 4 nitrogen and oxygen atoms in total. The molecule has 2 aromatic rings. The molecule has 2 aliphatic rings. The predicted molar refractivity (Wildman–Crippen MR) is 119 cm³/mol. The van der Waals surface area contributed by atoms with E-state index in [-0.39, 0.29) is 5.91 Å². The van der Waals surface area contributed by atoms with Crippen molar-refractivity contribution in [3.8, 4) is 0 Å². The van der Waals surface area contributed by atoms with Gasteiger partial charge < -0.3 is 4.90 Å². The summed E-state index contributed by atoms with van der Waals surface area (Å²) in [6.45, 7) is 5.52. The van der Waals surface area contributed by atoms with Gasteiger partial charge in [-0.1, -0.05) is 39.8 Å². The molecule has 2 aliphatic heterocycles. The van der Waals surface area contributed by atoms with Crippen LogP contribution in [0.4, 0.5) is 11.4 Å². The van der Waals surface area contributed by atoms with Gasteiger partial charge in [0.1, 0.15) is 9.93 Å². The van der Waals surface area contributed by atoms with Gasteiger partial charge in [-0.3, -0.25) is 9.69 Å². The van der Waals surface area contributed by atoms with Crippen LogP contribution in [0.1, 0.15) is 13.8 Å². The van der Waals surface area contributed by atoms with E-state index in [4.69, 9.17) is 4.99 Å². The van der Waals surface area contributed by atoms with Crippen molar-refractivity contribution in [2.75, 3.05) is 18.0 Å². The molecule has 0 bridgehead atoms. The van der Waals surface area contributed by atoms with Crippen molar-refractivity contribution in [3.63, 3.8) is 0 Å². The second-order valence-corrected chi connectivity index (χ2v) is 8.89. The van der Waals surface area contributed by atoms with Crippen molar-refractivity contribution >= 4 is 61.9 Å². The van der Waals surface area contributed by atoms with Crippen LogP contribution in [0.25, 0.3) is 0 Å². The summed E-state index contributed by atoms with van der Waals surface area (Å²) in [5, 5.41) is 1.74. The molecule has 27 heavy (non-hydrogen) atoms. The number of fused-ring (bicyclic) bond motifs is 1. The van der Waals surface area contributed by atoms with E-state index >= 15 is 0 Å². The third kappa shape index (κ3) is 3.44. The first-order chi connectivity index (χ1) is 13.1. The summed E-state index contributed by atoms with van der Waals surface area (Å²) in [5.41, 5.74) is 2.01. The molecule has 4 rings (SSSR count). The summed E-state index contributed by atoms with van der Waals surface area (Å²) in [7, 11) is 0. The first-order valence-electron chi connectivity index (χ1n) is 8.75. The van der Waals surface area contributed by atoms with Gasteiger partial charge in [0.05, 0.1) is 11.4 Å². The fourth-order valence-corrected chi connectivity index (χ4v) is 5.76. The lowest BCUT2D eigenvalue weighted by Crippen LogP contribution is -2.29. The van der Waals surface area contributed by atoms with Gasteiger partial charge in [0, 0.05) is 22.5 Å². The molecule has 0 spiro atoms. The second-order valence-electron chi connectivity index (χ2n) is 5.97. The molecule has 0 unspecified atom stereocenters. The summed E-state index contributed by atoms with van der Waals surface area (Å²) in [6, 6.07) is 16.1. The highest BCUT2D eigenvalue weighted by molar-refractivity contribution is 9.10. The van der Waals surface area contributed by atoms with E-state index in [1.807, 2.05) is 43.3 Å². The highest BCUT2D eigenvalue weighted by Crippen LogP contribution is 2.50. The van der Waals surface area contributed by atoms with Crippen LogP contribution in [-0.2, 0) is 4.79 Å². The van der Waals surface area contributed by atoms with Gasteiger partial charge in [-0.15, -0.1) is 0 Å². The zero-order chi connectivity index (χ0) is 19.0. The number of nitrogens with zero attached hydrogens (tertiary/aromatic N) is 3. The molecule has 138 valence electrons. The SMILES string of the molecule is CCN1C(=O)C(=C2Sc3ccccc3N2CC)SC1=Nc1ccc(Br)cc1. The van der Waals surface area contributed by atoms with Gasteiger partial charge in [-0.2, -0.15) is 0 Å². The predicted octanol–water partition coefficient (Wildman–Crippen LogP) is 5.83. The van der Waals surface area contributed by atoms with Crippen molar-refractivity contribution in [2.24, 2.45) is 4.99 Å². The molecule has 1 amide bonds. The topological polar surface area (TPSA) is 35.9 Å². The normalized spacial score (nSPS) is 20.7. The summed E-state index contributed by atoms with van der Waals surface area (Å²) in [6.07, 6.45) is 0. The number of thioether (sulfide) groups is 2. The first-order valence-corrected chi connectivity index (χ1v) is 11.2. The molecular formula is C20H18BrN3OS2. The maximum absolute atomic E-state index is 13.1. The van der Waals surface area contributed by atoms with Crippen LogP contribution in [0.15, 0.2) is 72.8 Å².